The van der Waals surface area contributed by atoms with Gasteiger partial charge in [0.15, 0.2) is 0 Å². The van der Waals surface area contributed by atoms with Gasteiger partial charge >= 0.3 is 18.7 Å². The highest BCUT2D eigenvalue weighted by Gasteiger charge is 2.30. The van der Waals surface area contributed by atoms with Crippen LogP contribution in [0.4, 0.5) is 0 Å². The molecule has 0 saturated heterocycles. The standard InChI is InChI=1S/C12H24ClN2O5P/c1-7(2)19-11(16)9(5)14-21(13,18)15-10(6)12(17)20-8(3)4/h7-10H,1-6H3,(H2,14,15,18)/t9-,10?,21?/m0/s1. The molecule has 124 valence electrons. The Morgan fingerprint density at radius 3 is 1.38 bits per heavy atom. The van der Waals surface area contributed by atoms with Crippen molar-refractivity contribution in [3.05, 3.63) is 0 Å². The first kappa shape index (κ1) is 20.4. The normalized spacial score (nSPS) is 17.2. The maximum Gasteiger partial charge on any atom is 0.323 e. The second-order valence-corrected chi connectivity index (χ2v) is 8.21. The van der Waals surface area contributed by atoms with E-state index in [4.69, 9.17) is 20.7 Å². The molecule has 0 amide bonds. The van der Waals surface area contributed by atoms with E-state index in [-0.39, 0.29) is 12.2 Å². The Kier molecular flexibility index (Phi) is 8.48. The van der Waals surface area contributed by atoms with Crippen molar-refractivity contribution >= 4 is 30.0 Å². The quantitative estimate of drug-likeness (QED) is 0.516. The van der Waals surface area contributed by atoms with Crippen molar-refractivity contribution in [2.75, 3.05) is 0 Å². The first-order valence-electron chi connectivity index (χ1n) is 6.71. The zero-order chi connectivity index (χ0) is 16.8. The molecule has 2 N–H and O–H groups in total. The van der Waals surface area contributed by atoms with Gasteiger partial charge in [-0.1, -0.05) is 0 Å². The zero-order valence-electron chi connectivity index (χ0n) is 13.2. The minimum absolute atomic E-state index is 0.288. The lowest BCUT2D eigenvalue weighted by molar-refractivity contribution is -0.149. The molecule has 0 aliphatic rings. The molecule has 7 nitrogen and oxygen atoms in total. The molecule has 0 heterocycles. The number of halogens is 1. The van der Waals surface area contributed by atoms with E-state index in [2.05, 4.69) is 10.2 Å². The summed E-state index contributed by atoms with van der Waals surface area (Å²) in [7, 11) is 0. The number of carbonyl (C=O) groups is 2. The second kappa shape index (κ2) is 8.73. The largest absolute Gasteiger partial charge is 0.462 e. The van der Waals surface area contributed by atoms with Crippen LogP contribution in [0.5, 0.6) is 0 Å². The molecule has 0 aromatic carbocycles. The molecule has 0 spiro atoms. The smallest absolute Gasteiger partial charge is 0.323 e. The summed E-state index contributed by atoms with van der Waals surface area (Å²) in [6, 6.07) is -1.76. The number of carbonyl (C=O) groups excluding carboxylic acids is 2. The fraction of sp³-hybridized carbons (Fsp3) is 0.833. The van der Waals surface area contributed by atoms with Crippen molar-refractivity contribution in [2.24, 2.45) is 0 Å². The molecular weight excluding hydrogens is 319 g/mol. The Hall–Kier alpha value is -0.620. The number of hydrogen-bond acceptors (Lipinski definition) is 5. The van der Waals surface area contributed by atoms with Gasteiger partial charge in [0.05, 0.1) is 12.2 Å². The van der Waals surface area contributed by atoms with Crippen LogP contribution in [0.1, 0.15) is 41.5 Å². The Bertz CT molecular complexity index is 382. The van der Waals surface area contributed by atoms with E-state index < -0.39 is 30.8 Å². The Balaban J connectivity index is 4.52. The lowest BCUT2D eigenvalue weighted by Gasteiger charge is -2.22. The summed E-state index contributed by atoms with van der Waals surface area (Å²) in [5.74, 6) is -1.16. The van der Waals surface area contributed by atoms with Gasteiger partial charge in [0, 0.05) is 0 Å². The van der Waals surface area contributed by atoms with E-state index in [9.17, 15) is 14.2 Å². The van der Waals surface area contributed by atoms with Crippen LogP contribution in [0, 0.1) is 0 Å². The first-order chi connectivity index (χ1) is 9.44. The SMILES string of the molecule is CC(C)OC(=O)C(C)NP(=O)(Cl)N[C@@H](C)C(=O)OC(C)C. The molecule has 0 aromatic heterocycles. The molecule has 0 fully saturated rings. The maximum atomic E-state index is 12.1. The van der Waals surface area contributed by atoms with Gasteiger partial charge in [-0.2, -0.15) is 0 Å². The molecular formula is C12H24ClN2O5P. The van der Waals surface area contributed by atoms with Crippen molar-refractivity contribution in [1.82, 2.24) is 10.2 Å². The minimum atomic E-state index is -3.63. The third-order valence-corrected chi connectivity index (χ3v) is 4.15. The predicted octanol–water partition coefficient (Wildman–Crippen LogP) is 2.19. The van der Waals surface area contributed by atoms with Gasteiger partial charge in [-0.15, -0.1) is 0 Å². The topological polar surface area (TPSA) is 93.7 Å². The Labute approximate surface area is 130 Å². The molecule has 0 aromatic rings. The molecule has 0 aliphatic carbocycles. The van der Waals surface area contributed by atoms with Crippen molar-refractivity contribution < 1.29 is 23.6 Å². The minimum Gasteiger partial charge on any atom is -0.462 e. The van der Waals surface area contributed by atoms with Crippen LogP contribution in [-0.2, 0) is 23.6 Å². The summed E-state index contributed by atoms with van der Waals surface area (Å²) in [6.07, 6.45) is -0.575. The van der Waals surface area contributed by atoms with Crippen LogP contribution < -0.4 is 10.2 Å². The number of nitrogens with one attached hydrogen (secondary N) is 2. The van der Waals surface area contributed by atoms with Crippen LogP contribution >= 0.6 is 18.0 Å². The monoisotopic (exact) mass is 342 g/mol. The van der Waals surface area contributed by atoms with E-state index in [1.54, 1.807) is 27.7 Å². The molecule has 9 heteroatoms. The summed E-state index contributed by atoms with van der Waals surface area (Å²) in [5, 5.41) is 4.86. The van der Waals surface area contributed by atoms with Gasteiger partial charge in [0.2, 0.25) is 0 Å². The summed E-state index contributed by atoms with van der Waals surface area (Å²) < 4.78 is 22.1. The second-order valence-electron chi connectivity index (χ2n) is 5.21. The fourth-order valence-corrected chi connectivity index (χ4v) is 3.47. The first-order valence-corrected chi connectivity index (χ1v) is 9.32. The number of esters is 2. The Morgan fingerprint density at radius 1 is 0.857 bits per heavy atom. The lowest BCUT2D eigenvalue weighted by Crippen LogP contribution is -2.41. The van der Waals surface area contributed by atoms with Gasteiger partial charge in [-0.25, -0.2) is 10.2 Å². The molecule has 0 aliphatic heterocycles. The van der Waals surface area contributed by atoms with Gasteiger partial charge in [0.25, 0.3) is 0 Å². The van der Waals surface area contributed by atoms with E-state index in [0.717, 1.165) is 0 Å². The van der Waals surface area contributed by atoms with Crippen LogP contribution in [0.2, 0.25) is 0 Å². The van der Waals surface area contributed by atoms with Gasteiger partial charge in [-0.05, 0) is 52.8 Å². The molecule has 0 radical (unpaired) electrons. The zero-order valence-corrected chi connectivity index (χ0v) is 14.8. The van der Waals surface area contributed by atoms with Gasteiger partial charge in [0.1, 0.15) is 12.1 Å². The Morgan fingerprint density at radius 2 is 1.14 bits per heavy atom. The lowest BCUT2D eigenvalue weighted by atomic mass is 10.4. The van der Waals surface area contributed by atoms with Crippen molar-refractivity contribution in [3.63, 3.8) is 0 Å². The van der Waals surface area contributed by atoms with Gasteiger partial charge < -0.3 is 9.47 Å². The van der Waals surface area contributed by atoms with E-state index >= 15 is 0 Å². The maximum absolute atomic E-state index is 12.1. The molecule has 0 rings (SSSR count). The van der Waals surface area contributed by atoms with E-state index in [1.807, 2.05) is 0 Å². The molecule has 0 saturated carbocycles. The van der Waals surface area contributed by atoms with Crippen molar-refractivity contribution in [2.45, 2.75) is 65.8 Å². The fourth-order valence-electron chi connectivity index (χ4n) is 1.31. The van der Waals surface area contributed by atoms with E-state index in [1.165, 1.54) is 13.8 Å². The predicted molar refractivity (Wildman–Crippen MR) is 81.1 cm³/mol. The highest BCUT2D eigenvalue weighted by Crippen LogP contribution is 2.43. The molecule has 21 heavy (non-hydrogen) atoms. The van der Waals surface area contributed by atoms with Crippen molar-refractivity contribution in [3.8, 4) is 0 Å². The highest BCUT2D eigenvalue weighted by atomic mass is 35.7. The average molecular weight is 343 g/mol. The number of ether oxygens (including phenoxy) is 2. The molecule has 3 atom stereocenters. The summed E-state index contributed by atoms with van der Waals surface area (Å²) >= 11 is 5.80. The van der Waals surface area contributed by atoms with Crippen LogP contribution in [-0.4, -0.2) is 36.2 Å². The highest BCUT2D eigenvalue weighted by molar-refractivity contribution is 7.86. The summed E-state index contributed by atoms with van der Waals surface area (Å²) in [5.41, 5.74) is 0. The third kappa shape index (κ3) is 9.09. The van der Waals surface area contributed by atoms with Gasteiger partial charge in [-0.3, -0.25) is 14.2 Å². The van der Waals surface area contributed by atoms with Crippen LogP contribution in [0.15, 0.2) is 0 Å². The average Bonchev–Trinajstić information content (AvgIpc) is 2.25. The van der Waals surface area contributed by atoms with Crippen LogP contribution in [0.25, 0.3) is 0 Å². The summed E-state index contributed by atoms with van der Waals surface area (Å²) in [6.45, 7) is 6.12. The molecule has 0 bridgehead atoms. The van der Waals surface area contributed by atoms with E-state index in [0.29, 0.717) is 0 Å². The summed E-state index contributed by atoms with van der Waals surface area (Å²) in [4.78, 5) is 23.2. The third-order valence-electron chi connectivity index (χ3n) is 2.13. The van der Waals surface area contributed by atoms with Crippen LogP contribution in [0.3, 0.4) is 0 Å². The number of hydrogen-bond donors (Lipinski definition) is 2. The molecule has 2 unspecified atom stereocenters. The number of rotatable bonds is 8. The van der Waals surface area contributed by atoms with Crippen molar-refractivity contribution in [1.29, 1.82) is 0 Å².